The van der Waals surface area contributed by atoms with Gasteiger partial charge in [-0.25, -0.2) is 4.79 Å². The first kappa shape index (κ1) is 32.8. The molecule has 0 fully saturated rings. The average molecular weight is 557 g/mol. The summed E-state index contributed by atoms with van der Waals surface area (Å²) < 4.78 is 28.3. The number of rotatable bonds is 16. The fourth-order valence-corrected chi connectivity index (χ4v) is 5.43. The summed E-state index contributed by atoms with van der Waals surface area (Å²) in [5.41, 5.74) is 2.89. The lowest BCUT2D eigenvalue weighted by molar-refractivity contribution is -0.140. The Hall–Kier alpha value is -2.44. The Balaban J connectivity index is 0.000000283. The molecule has 216 valence electrons. The molecule has 0 aromatic heterocycles. The van der Waals surface area contributed by atoms with Crippen molar-refractivity contribution in [2.75, 3.05) is 12.5 Å². The number of benzene rings is 2. The molecule has 1 heterocycles. The van der Waals surface area contributed by atoms with E-state index < -0.39 is 11.2 Å². The van der Waals surface area contributed by atoms with Crippen LogP contribution in [0, 0.1) is 0 Å². The first-order valence-corrected chi connectivity index (χ1v) is 16.0. The van der Waals surface area contributed by atoms with Gasteiger partial charge in [0.1, 0.15) is 17.6 Å². The predicted molar refractivity (Wildman–Crippen MR) is 162 cm³/mol. The van der Waals surface area contributed by atoms with Gasteiger partial charge in [-0.05, 0) is 56.4 Å². The molecule has 2 unspecified atom stereocenters. The van der Waals surface area contributed by atoms with E-state index in [4.69, 9.17) is 14.2 Å². The van der Waals surface area contributed by atoms with Gasteiger partial charge in [0, 0.05) is 12.0 Å². The second-order valence-corrected chi connectivity index (χ2v) is 12.1. The largest absolute Gasteiger partial charge is 0.616 e. The maximum absolute atomic E-state index is 12.3. The first-order valence-electron chi connectivity index (χ1n) is 14.6. The smallest absolute Gasteiger partial charge is 0.333 e. The van der Waals surface area contributed by atoms with Crippen LogP contribution in [-0.4, -0.2) is 28.3 Å². The number of hydrogen-bond acceptors (Lipinski definition) is 5. The lowest BCUT2D eigenvalue weighted by Gasteiger charge is -2.18. The standard InChI is InChI=1S/C18H28O3S.C15H20O2/c1-3-4-5-6-7-8-11-22(19)15(2)12-16-9-10-17-18(13-16)21-14-20-17;1-3-4-6-9-13(2)15(16)17-12-14-10-7-5-8-11-14/h9-10,13,15H,3-8,11-12,14H2,1-2H3;5,7-11H,3-4,6,12H2,1-2H3/b;13-9-. The quantitative estimate of drug-likeness (QED) is 0.0900. The molecule has 0 radical (unpaired) electrons. The van der Waals surface area contributed by atoms with Crippen LogP contribution in [0.2, 0.25) is 0 Å². The highest BCUT2D eigenvalue weighted by atomic mass is 32.2. The van der Waals surface area contributed by atoms with Crippen molar-refractivity contribution in [3.05, 3.63) is 71.3 Å². The molecular formula is C33H48O5S. The van der Waals surface area contributed by atoms with Gasteiger partial charge in [-0.2, -0.15) is 0 Å². The molecule has 0 bridgehead atoms. The zero-order valence-electron chi connectivity index (χ0n) is 24.4. The van der Waals surface area contributed by atoms with Crippen LogP contribution in [0.25, 0.3) is 0 Å². The van der Waals surface area contributed by atoms with Crippen molar-refractivity contribution >= 4 is 17.1 Å². The molecule has 0 saturated heterocycles. The van der Waals surface area contributed by atoms with E-state index in [1.165, 1.54) is 37.7 Å². The van der Waals surface area contributed by atoms with Crippen molar-refractivity contribution in [2.45, 2.75) is 104 Å². The normalized spacial score (nSPS) is 13.8. The first-order chi connectivity index (χ1) is 18.9. The molecule has 2 aromatic carbocycles. The van der Waals surface area contributed by atoms with E-state index in [2.05, 4.69) is 20.8 Å². The van der Waals surface area contributed by atoms with E-state index in [-0.39, 0.29) is 11.2 Å². The summed E-state index contributed by atoms with van der Waals surface area (Å²) in [6, 6.07) is 15.7. The topological polar surface area (TPSA) is 67.8 Å². The molecular weight excluding hydrogens is 508 g/mol. The minimum absolute atomic E-state index is 0.191. The zero-order valence-corrected chi connectivity index (χ0v) is 25.2. The Morgan fingerprint density at radius 2 is 1.64 bits per heavy atom. The lowest BCUT2D eigenvalue weighted by atomic mass is 10.1. The number of carbonyl (C=O) groups is 1. The molecule has 2 atom stereocenters. The Bertz CT molecular complexity index is 975. The van der Waals surface area contributed by atoms with E-state index in [1.54, 1.807) is 0 Å². The van der Waals surface area contributed by atoms with Crippen LogP contribution in [0.3, 0.4) is 0 Å². The Morgan fingerprint density at radius 3 is 2.38 bits per heavy atom. The number of allylic oxidation sites excluding steroid dienone is 1. The van der Waals surface area contributed by atoms with E-state index in [1.807, 2.05) is 61.5 Å². The van der Waals surface area contributed by atoms with Crippen LogP contribution < -0.4 is 9.47 Å². The SMILES string of the molecule is CCCC/C=C(/C)C(=O)OCc1ccccc1.CCCCCCCC[S+]([O-])C(C)Cc1ccc2c(c1)OCO2. The lowest BCUT2D eigenvalue weighted by Crippen LogP contribution is -2.23. The summed E-state index contributed by atoms with van der Waals surface area (Å²) in [6.07, 6.45) is 13.5. The molecule has 6 heteroatoms. The molecule has 39 heavy (non-hydrogen) atoms. The maximum atomic E-state index is 12.3. The van der Waals surface area contributed by atoms with Gasteiger partial charge in [0.2, 0.25) is 6.79 Å². The van der Waals surface area contributed by atoms with Gasteiger partial charge in [0.15, 0.2) is 11.5 Å². The molecule has 5 nitrogen and oxygen atoms in total. The third-order valence-corrected chi connectivity index (χ3v) is 8.41. The summed E-state index contributed by atoms with van der Waals surface area (Å²) in [5, 5.41) is 0.191. The maximum Gasteiger partial charge on any atom is 0.333 e. The number of hydrogen-bond donors (Lipinski definition) is 0. The second kappa shape index (κ2) is 19.6. The minimum atomic E-state index is -0.743. The van der Waals surface area contributed by atoms with E-state index in [0.29, 0.717) is 19.0 Å². The predicted octanol–water partition coefficient (Wildman–Crippen LogP) is 8.32. The number of esters is 1. The van der Waals surface area contributed by atoms with E-state index in [9.17, 15) is 9.35 Å². The van der Waals surface area contributed by atoms with Gasteiger partial charge in [0.25, 0.3) is 0 Å². The molecule has 2 aromatic rings. The van der Waals surface area contributed by atoms with Gasteiger partial charge in [-0.3, -0.25) is 0 Å². The van der Waals surface area contributed by atoms with Crippen molar-refractivity contribution < 1.29 is 23.6 Å². The number of fused-ring (bicyclic) bond motifs is 1. The highest BCUT2D eigenvalue weighted by Gasteiger charge is 2.19. The monoisotopic (exact) mass is 556 g/mol. The average Bonchev–Trinajstić information content (AvgIpc) is 3.42. The third-order valence-electron chi connectivity index (χ3n) is 6.65. The highest BCUT2D eigenvalue weighted by molar-refractivity contribution is 7.91. The van der Waals surface area contributed by atoms with Crippen molar-refractivity contribution in [2.24, 2.45) is 0 Å². The van der Waals surface area contributed by atoms with Crippen LogP contribution in [0.4, 0.5) is 0 Å². The zero-order chi connectivity index (χ0) is 28.3. The van der Waals surface area contributed by atoms with E-state index >= 15 is 0 Å². The Labute approximate surface area is 239 Å². The van der Waals surface area contributed by atoms with Crippen LogP contribution in [0.15, 0.2) is 60.2 Å². The van der Waals surface area contributed by atoms with Crippen LogP contribution in [0.1, 0.15) is 96.6 Å². The van der Waals surface area contributed by atoms with Crippen LogP contribution in [-0.2, 0) is 33.7 Å². The number of carbonyl (C=O) groups excluding carboxylic acids is 1. The number of unbranched alkanes of at least 4 members (excludes halogenated alkanes) is 7. The molecule has 1 aliphatic heterocycles. The number of ether oxygens (including phenoxy) is 3. The third kappa shape index (κ3) is 13.5. The van der Waals surface area contributed by atoms with Crippen molar-refractivity contribution in [3.8, 4) is 11.5 Å². The molecule has 1 aliphatic rings. The van der Waals surface area contributed by atoms with E-state index in [0.717, 1.165) is 54.9 Å². The molecule has 0 aliphatic carbocycles. The molecule has 3 rings (SSSR count). The van der Waals surface area contributed by atoms with Crippen LogP contribution >= 0.6 is 0 Å². The summed E-state index contributed by atoms with van der Waals surface area (Å²) in [5.74, 6) is 2.23. The van der Waals surface area contributed by atoms with Crippen molar-refractivity contribution in [1.82, 2.24) is 0 Å². The summed E-state index contributed by atoms with van der Waals surface area (Å²) in [6.45, 7) is 8.90. The minimum Gasteiger partial charge on any atom is -0.616 e. The van der Waals surface area contributed by atoms with Gasteiger partial charge >= 0.3 is 5.97 Å². The second-order valence-electron chi connectivity index (χ2n) is 10.1. The van der Waals surface area contributed by atoms with Gasteiger partial charge < -0.3 is 18.8 Å². The van der Waals surface area contributed by atoms with Gasteiger partial charge in [-0.1, -0.05) is 106 Å². The highest BCUT2D eigenvalue weighted by Crippen LogP contribution is 2.33. The fourth-order valence-electron chi connectivity index (χ4n) is 4.16. The molecule has 0 spiro atoms. The summed E-state index contributed by atoms with van der Waals surface area (Å²) in [7, 11) is 0. The van der Waals surface area contributed by atoms with Gasteiger partial charge in [-0.15, -0.1) is 0 Å². The molecule has 0 saturated carbocycles. The van der Waals surface area contributed by atoms with Gasteiger partial charge in [0.05, 0.1) is 0 Å². The molecule has 0 N–H and O–H groups in total. The summed E-state index contributed by atoms with van der Waals surface area (Å²) >= 11 is -0.743. The Morgan fingerprint density at radius 1 is 0.949 bits per heavy atom. The van der Waals surface area contributed by atoms with Crippen molar-refractivity contribution in [3.63, 3.8) is 0 Å². The summed E-state index contributed by atoms with van der Waals surface area (Å²) in [4.78, 5) is 11.6. The Kier molecular flexibility index (Phi) is 16.5. The fraction of sp³-hybridized carbons (Fsp3) is 0.545. The van der Waals surface area contributed by atoms with Crippen molar-refractivity contribution in [1.29, 1.82) is 0 Å². The molecule has 0 amide bonds. The van der Waals surface area contributed by atoms with Crippen LogP contribution in [0.5, 0.6) is 11.5 Å².